The fourth-order valence-electron chi connectivity index (χ4n) is 3.18. The van der Waals surface area contributed by atoms with Crippen molar-refractivity contribution in [2.75, 3.05) is 52.7 Å². The standard InChI is InChI=1S/C18H43NO6Si2/c1-8-16-19-17-15-18(26(20-9-2,21-10-3)22-11-4)27(23-12-5,24-13-6)25-14-7/h18-19H,8-17H2,1-7H3. The van der Waals surface area contributed by atoms with Gasteiger partial charge in [0.15, 0.2) is 0 Å². The Bertz CT molecular complexity index is 292. The van der Waals surface area contributed by atoms with Crippen molar-refractivity contribution in [3.05, 3.63) is 0 Å². The minimum Gasteiger partial charge on any atom is -0.374 e. The van der Waals surface area contributed by atoms with E-state index in [0.717, 1.165) is 25.9 Å². The maximum atomic E-state index is 6.24. The second-order valence-electron chi connectivity index (χ2n) is 5.90. The van der Waals surface area contributed by atoms with Gasteiger partial charge in [0.2, 0.25) is 0 Å². The molecule has 0 spiro atoms. The zero-order valence-corrected chi connectivity index (χ0v) is 20.6. The van der Waals surface area contributed by atoms with Crippen LogP contribution in [-0.2, 0) is 26.6 Å². The summed E-state index contributed by atoms with van der Waals surface area (Å²) in [5.41, 5.74) is 0. The first-order chi connectivity index (χ1) is 13.1. The van der Waals surface area contributed by atoms with Crippen molar-refractivity contribution in [3.8, 4) is 0 Å². The number of nitrogens with one attached hydrogen (secondary N) is 1. The second-order valence-corrected chi connectivity index (χ2v) is 12.0. The minimum absolute atomic E-state index is 0.172. The summed E-state index contributed by atoms with van der Waals surface area (Å²) < 4.78 is 37.4. The summed E-state index contributed by atoms with van der Waals surface area (Å²) in [6.07, 6.45) is 1.85. The van der Waals surface area contributed by atoms with Crippen LogP contribution in [0.15, 0.2) is 0 Å². The zero-order chi connectivity index (χ0) is 20.6. The van der Waals surface area contributed by atoms with Crippen LogP contribution >= 0.6 is 0 Å². The Kier molecular flexibility index (Phi) is 16.1. The first-order valence-corrected chi connectivity index (χ1v) is 14.2. The molecule has 0 aliphatic rings. The number of hydrogen-bond donors (Lipinski definition) is 1. The van der Waals surface area contributed by atoms with Crippen molar-refractivity contribution >= 4 is 17.6 Å². The summed E-state index contributed by atoms with van der Waals surface area (Å²) in [5, 5.41) is 3.30. The molecule has 0 amide bonds. The number of hydrogen-bond acceptors (Lipinski definition) is 7. The van der Waals surface area contributed by atoms with Crippen LogP contribution < -0.4 is 5.32 Å². The Hall–Kier alpha value is 0.154. The lowest BCUT2D eigenvalue weighted by molar-refractivity contribution is 0.0314. The fraction of sp³-hybridized carbons (Fsp3) is 1.00. The molecule has 1 N–H and O–H groups in total. The van der Waals surface area contributed by atoms with E-state index in [-0.39, 0.29) is 5.16 Å². The SMILES string of the molecule is CCCNCCC([Si](OCC)(OCC)OCC)[Si](OCC)(OCC)OCC. The van der Waals surface area contributed by atoms with Gasteiger partial charge in [-0.1, -0.05) is 6.92 Å². The Morgan fingerprint density at radius 3 is 1.15 bits per heavy atom. The lowest BCUT2D eigenvalue weighted by Gasteiger charge is -2.42. The van der Waals surface area contributed by atoms with E-state index in [1.165, 1.54) is 0 Å². The molecule has 0 unspecified atom stereocenters. The fourth-order valence-corrected chi connectivity index (χ4v) is 11.5. The molecule has 0 fully saturated rings. The molecule has 27 heavy (non-hydrogen) atoms. The lowest BCUT2D eigenvalue weighted by atomic mass is 10.4. The normalized spacial score (nSPS) is 12.9. The number of rotatable bonds is 19. The molecule has 0 bridgehead atoms. The van der Waals surface area contributed by atoms with Crippen molar-refractivity contribution in [1.82, 2.24) is 5.32 Å². The molecule has 0 heterocycles. The average molecular weight is 426 g/mol. The van der Waals surface area contributed by atoms with Crippen LogP contribution in [0.2, 0.25) is 5.16 Å². The minimum atomic E-state index is -3.09. The van der Waals surface area contributed by atoms with Crippen LogP contribution in [0.3, 0.4) is 0 Å². The van der Waals surface area contributed by atoms with Crippen molar-refractivity contribution in [3.63, 3.8) is 0 Å². The predicted octanol–water partition coefficient (Wildman–Crippen LogP) is 3.38. The molecule has 0 saturated heterocycles. The highest BCUT2D eigenvalue weighted by Gasteiger charge is 2.65. The third-order valence-corrected chi connectivity index (χ3v) is 12.5. The van der Waals surface area contributed by atoms with E-state index in [0.29, 0.717) is 39.6 Å². The summed E-state index contributed by atoms with van der Waals surface area (Å²) in [6, 6.07) is 0. The Morgan fingerprint density at radius 1 is 0.556 bits per heavy atom. The topological polar surface area (TPSA) is 67.4 Å². The van der Waals surface area contributed by atoms with Gasteiger partial charge in [0.05, 0.1) is 0 Å². The van der Waals surface area contributed by atoms with Crippen LogP contribution in [0.4, 0.5) is 0 Å². The van der Waals surface area contributed by atoms with Gasteiger partial charge in [0.25, 0.3) is 0 Å². The lowest BCUT2D eigenvalue weighted by Crippen LogP contribution is -2.64. The quantitative estimate of drug-likeness (QED) is 0.251. The van der Waals surface area contributed by atoms with Crippen molar-refractivity contribution in [1.29, 1.82) is 0 Å². The molecular formula is C18H43NO6Si2. The van der Waals surface area contributed by atoms with E-state index in [9.17, 15) is 0 Å². The van der Waals surface area contributed by atoms with Gasteiger partial charge in [-0.2, -0.15) is 0 Å². The molecule has 0 aliphatic carbocycles. The van der Waals surface area contributed by atoms with Crippen LogP contribution in [0, 0.1) is 0 Å². The molecule has 9 heteroatoms. The summed E-state index contributed by atoms with van der Waals surface area (Å²) in [5.74, 6) is 0. The molecule has 0 saturated carbocycles. The monoisotopic (exact) mass is 425 g/mol. The van der Waals surface area contributed by atoms with E-state index in [4.69, 9.17) is 26.6 Å². The van der Waals surface area contributed by atoms with E-state index >= 15 is 0 Å². The molecule has 0 aliphatic heterocycles. The Morgan fingerprint density at radius 2 is 0.889 bits per heavy atom. The Balaban J connectivity index is 6.05. The highest BCUT2D eigenvalue weighted by atomic mass is 28.5. The zero-order valence-electron chi connectivity index (χ0n) is 18.6. The van der Waals surface area contributed by atoms with Gasteiger partial charge in [-0.3, -0.25) is 0 Å². The Labute approximate surface area is 169 Å². The van der Waals surface area contributed by atoms with E-state index < -0.39 is 17.6 Å². The third-order valence-electron chi connectivity index (χ3n) is 3.96. The molecule has 0 aromatic carbocycles. The largest absolute Gasteiger partial charge is 0.508 e. The van der Waals surface area contributed by atoms with E-state index in [1.807, 2.05) is 41.5 Å². The average Bonchev–Trinajstić information content (AvgIpc) is 2.63. The van der Waals surface area contributed by atoms with E-state index in [1.54, 1.807) is 0 Å². The maximum Gasteiger partial charge on any atom is 0.508 e. The molecule has 7 nitrogen and oxygen atoms in total. The van der Waals surface area contributed by atoms with Gasteiger partial charge < -0.3 is 31.9 Å². The second kappa shape index (κ2) is 16.0. The maximum absolute atomic E-state index is 6.24. The summed E-state index contributed by atoms with van der Waals surface area (Å²) >= 11 is 0. The molecule has 0 aromatic rings. The summed E-state index contributed by atoms with van der Waals surface area (Å²) in [6.45, 7) is 18.8. The summed E-state index contributed by atoms with van der Waals surface area (Å²) in [4.78, 5) is 0. The smallest absolute Gasteiger partial charge is 0.374 e. The predicted molar refractivity (Wildman–Crippen MR) is 113 cm³/mol. The highest BCUT2D eigenvalue weighted by molar-refractivity contribution is 6.82. The molecule has 164 valence electrons. The highest BCUT2D eigenvalue weighted by Crippen LogP contribution is 2.39. The molecule has 0 atom stereocenters. The first-order valence-electron chi connectivity index (χ1n) is 10.6. The van der Waals surface area contributed by atoms with Crippen LogP contribution in [0.5, 0.6) is 0 Å². The van der Waals surface area contributed by atoms with Gasteiger partial charge in [-0.25, -0.2) is 0 Å². The first kappa shape index (κ1) is 27.2. The molecule has 0 rings (SSSR count). The van der Waals surface area contributed by atoms with Crippen LogP contribution in [-0.4, -0.2) is 70.3 Å². The third kappa shape index (κ3) is 8.59. The van der Waals surface area contributed by atoms with E-state index in [2.05, 4.69) is 12.2 Å². The van der Waals surface area contributed by atoms with Gasteiger partial charge in [-0.15, -0.1) is 0 Å². The molecule has 0 aromatic heterocycles. The van der Waals surface area contributed by atoms with Crippen LogP contribution in [0.25, 0.3) is 0 Å². The van der Waals surface area contributed by atoms with Crippen molar-refractivity contribution < 1.29 is 26.6 Å². The van der Waals surface area contributed by atoms with Crippen molar-refractivity contribution in [2.24, 2.45) is 0 Å². The van der Waals surface area contributed by atoms with Gasteiger partial charge in [-0.05, 0) is 67.5 Å². The van der Waals surface area contributed by atoms with Gasteiger partial charge in [0, 0.05) is 39.6 Å². The molecule has 0 radical (unpaired) electrons. The van der Waals surface area contributed by atoms with Crippen molar-refractivity contribution in [2.45, 2.75) is 66.5 Å². The van der Waals surface area contributed by atoms with Crippen LogP contribution in [0.1, 0.15) is 61.3 Å². The molecular weight excluding hydrogens is 382 g/mol. The van der Waals surface area contributed by atoms with Gasteiger partial charge in [0.1, 0.15) is 5.16 Å². The summed E-state index contributed by atoms with van der Waals surface area (Å²) in [7, 11) is -6.17. The van der Waals surface area contributed by atoms with Gasteiger partial charge >= 0.3 is 17.6 Å².